The molecule has 3 heteroatoms. The summed E-state index contributed by atoms with van der Waals surface area (Å²) >= 11 is 0. The molecule has 1 fully saturated rings. The Kier molecular flexibility index (Phi) is 3.77. The molecule has 1 aromatic carbocycles. The lowest BCUT2D eigenvalue weighted by molar-refractivity contribution is -0.120. The van der Waals surface area contributed by atoms with Gasteiger partial charge in [-0.15, -0.1) is 0 Å². The maximum Gasteiger partial charge on any atom is 0.225 e. The molecule has 101 valence electrons. The Bertz CT molecular complexity index is 512. The molecule has 1 unspecified atom stereocenters. The van der Waals surface area contributed by atoms with E-state index in [0.29, 0.717) is 6.42 Å². The molecule has 1 saturated carbocycles. The van der Waals surface area contributed by atoms with E-state index in [0.717, 1.165) is 22.9 Å². The van der Waals surface area contributed by atoms with Crippen LogP contribution >= 0.6 is 0 Å². The van der Waals surface area contributed by atoms with Gasteiger partial charge in [0.15, 0.2) is 0 Å². The van der Waals surface area contributed by atoms with Crippen LogP contribution in [-0.4, -0.2) is 13.0 Å². The molecule has 0 bridgehead atoms. The molecule has 20 heavy (non-hydrogen) atoms. The minimum atomic E-state index is 0.0597. The molecule has 1 aliphatic heterocycles. The lowest BCUT2D eigenvalue weighted by Crippen LogP contribution is -2.31. The standard InChI is InChI=1S/C17H16NO2/c1-20-15-8-6-12(7-9-15)14-10-16(18-17(19)11-14)13-4-2-3-5-13/h2-10,14H,11H2,1H3,(H,18,19). The highest BCUT2D eigenvalue weighted by Crippen LogP contribution is 2.34. The first kappa shape index (κ1) is 13.2. The van der Waals surface area contributed by atoms with Crippen LogP contribution in [0.4, 0.5) is 0 Å². The first-order valence-corrected chi connectivity index (χ1v) is 6.64. The third-order valence-electron chi connectivity index (χ3n) is 3.56. The van der Waals surface area contributed by atoms with E-state index >= 15 is 0 Å². The second kappa shape index (κ2) is 5.70. The number of carbonyl (C=O) groups excluding carboxylic acids is 1. The summed E-state index contributed by atoms with van der Waals surface area (Å²) in [5, 5.41) is 2.94. The van der Waals surface area contributed by atoms with Gasteiger partial charge in [0.1, 0.15) is 5.75 Å². The first-order chi connectivity index (χ1) is 9.76. The highest BCUT2D eigenvalue weighted by molar-refractivity contribution is 5.82. The molecule has 1 aliphatic carbocycles. The molecular formula is C17H16NO2. The summed E-state index contributed by atoms with van der Waals surface area (Å²) in [7, 11) is 1.65. The van der Waals surface area contributed by atoms with Crippen LogP contribution in [0.1, 0.15) is 17.9 Å². The van der Waals surface area contributed by atoms with E-state index in [9.17, 15) is 4.79 Å². The van der Waals surface area contributed by atoms with Crippen molar-refractivity contribution in [2.24, 2.45) is 0 Å². The van der Waals surface area contributed by atoms with E-state index in [2.05, 4.69) is 11.4 Å². The largest absolute Gasteiger partial charge is 0.497 e. The number of allylic oxidation sites excluding steroid dienone is 2. The van der Waals surface area contributed by atoms with Gasteiger partial charge < -0.3 is 10.1 Å². The molecule has 3 rings (SSSR count). The van der Waals surface area contributed by atoms with Crippen LogP contribution in [0.15, 0.2) is 36.0 Å². The summed E-state index contributed by atoms with van der Waals surface area (Å²) in [6, 6.07) is 7.89. The van der Waals surface area contributed by atoms with E-state index in [1.165, 1.54) is 0 Å². The zero-order valence-corrected chi connectivity index (χ0v) is 11.3. The number of carbonyl (C=O) groups is 1. The summed E-state index contributed by atoms with van der Waals surface area (Å²) in [4.78, 5) is 11.9. The van der Waals surface area contributed by atoms with Gasteiger partial charge in [0, 0.05) is 24.0 Å². The zero-order chi connectivity index (χ0) is 13.9. The Morgan fingerprint density at radius 3 is 2.50 bits per heavy atom. The number of rotatable bonds is 3. The number of ether oxygens (including phenoxy) is 1. The summed E-state index contributed by atoms with van der Waals surface area (Å²) in [6.45, 7) is 0. The molecule has 0 aromatic heterocycles. The van der Waals surface area contributed by atoms with Crippen molar-refractivity contribution in [2.75, 3.05) is 7.11 Å². The lowest BCUT2D eigenvalue weighted by atomic mass is 9.88. The van der Waals surface area contributed by atoms with Crippen LogP contribution in [0.2, 0.25) is 0 Å². The highest BCUT2D eigenvalue weighted by atomic mass is 16.5. The van der Waals surface area contributed by atoms with Gasteiger partial charge in [-0.3, -0.25) is 4.79 Å². The fourth-order valence-corrected chi connectivity index (χ4v) is 2.49. The van der Waals surface area contributed by atoms with Crippen molar-refractivity contribution in [1.29, 1.82) is 0 Å². The predicted octanol–water partition coefficient (Wildman–Crippen LogP) is 2.59. The number of methoxy groups -OCH3 is 1. The van der Waals surface area contributed by atoms with Gasteiger partial charge in [0.05, 0.1) is 7.11 Å². The maximum absolute atomic E-state index is 11.9. The van der Waals surface area contributed by atoms with Gasteiger partial charge in [-0.25, -0.2) is 0 Å². The van der Waals surface area contributed by atoms with Gasteiger partial charge >= 0.3 is 0 Å². The van der Waals surface area contributed by atoms with E-state index in [4.69, 9.17) is 4.74 Å². The Balaban J connectivity index is 1.83. The second-order valence-electron chi connectivity index (χ2n) is 4.89. The number of hydrogen-bond donors (Lipinski definition) is 1. The Morgan fingerprint density at radius 2 is 1.85 bits per heavy atom. The summed E-state index contributed by atoms with van der Waals surface area (Å²) < 4.78 is 5.16. The van der Waals surface area contributed by atoms with Crippen LogP contribution in [-0.2, 0) is 4.79 Å². The molecule has 2 aliphatic rings. The van der Waals surface area contributed by atoms with E-state index < -0.39 is 0 Å². The third-order valence-corrected chi connectivity index (χ3v) is 3.56. The van der Waals surface area contributed by atoms with Crippen LogP contribution in [0, 0.1) is 31.6 Å². The van der Waals surface area contributed by atoms with Gasteiger partial charge in [-0.1, -0.05) is 18.2 Å². The number of benzene rings is 1. The summed E-state index contributed by atoms with van der Waals surface area (Å²) in [6.07, 6.45) is 10.6. The van der Waals surface area contributed by atoms with E-state index in [1.54, 1.807) is 7.11 Å². The predicted molar refractivity (Wildman–Crippen MR) is 77.0 cm³/mol. The van der Waals surface area contributed by atoms with Crippen LogP contribution in [0.5, 0.6) is 5.75 Å². The van der Waals surface area contributed by atoms with Crippen molar-refractivity contribution in [3.8, 4) is 5.75 Å². The fourth-order valence-electron chi connectivity index (χ4n) is 2.49. The third kappa shape index (κ3) is 2.72. The Hall–Kier alpha value is -1.77. The molecular weight excluding hydrogens is 250 g/mol. The van der Waals surface area contributed by atoms with Gasteiger partial charge in [-0.05, 0) is 43.4 Å². The lowest BCUT2D eigenvalue weighted by Gasteiger charge is -2.25. The zero-order valence-electron chi connectivity index (χ0n) is 11.3. The molecule has 1 amide bonds. The molecule has 0 saturated heterocycles. The van der Waals surface area contributed by atoms with Gasteiger partial charge in [0.25, 0.3) is 0 Å². The van der Waals surface area contributed by atoms with Crippen LogP contribution in [0.3, 0.4) is 0 Å². The average molecular weight is 266 g/mol. The van der Waals surface area contributed by atoms with E-state index in [-0.39, 0.29) is 11.8 Å². The minimum Gasteiger partial charge on any atom is -0.497 e. The quantitative estimate of drug-likeness (QED) is 0.913. The molecule has 1 aromatic rings. The maximum atomic E-state index is 11.9. The van der Waals surface area contributed by atoms with Crippen molar-refractivity contribution in [1.82, 2.24) is 5.32 Å². The van der Waals surface area contributed by atoms with Crippen LogP contribution in [0.25, 0.3) is 0 Å². The fraction of sp³-hybridized carbons (Fsp3) is 0.176. The molecule has 0 spiro atoms. The van der Waals surface area contributed by atoms with Crippen LogP contribution < -0.4 is 10.1 Å². The van der Waals surface area contributed by atoms with Crippen molar-refractivity contribution in [3.05, 3.63) is 73.2 Å². The molecule has 1 heterocycles. The van der Waals surface area contributed by atoms with Crippen molar-refractivity contribution in [3.63, 3.8) is 0 Å². The number of hydrogen-bond acceptors (Lipinski definition) is 2. The minimum absolute atomic E-state index is 0.0597. The summed E-state index contributed by atoms with van der Waals surface area (Å²) in [5.41, 5.74) is 2.02. The molecule has 3 nitrogen and oxygen atoms in total. The van der Waals surface area contributed by atoms with Gasteiger partial charge in [-0.2, -0.15) is 0 Å². The number of amides is 1. The van der Waals surface area contributed by atoms with Crippen molar-refractivity contribution >= 4 is 5.91 Å². The van der Waals surface area contributed by atoms with Crippen molar-refractivity contribution < 1.29 is 9.53 Å². The van der Waals surface area contributed by atoms with Gasteiger partial charge in [0.2, 0.25) is 5.91 Å². The smallest absolute Gasteiger partial charge is 0.225 e. The Labute approximate surface area is 120 Å². The normalized spacial score (nSPS) is 23.4. The number of nitrogens with one attached hydrogen (secondary N) is 1. The topological polar surface area (TPSA) is 38.3 Å². The van der Waals surface area contributed by atoms with Crippen molar-refractivity contribution in [2.45, 2.75) is 12.3 Å². The highest BCUT2D eigenvalue weighted by Gasteiger charge is 2.28. The second-order valence-corrected chi connectivity index (χ2v) is 4.89. The summed E-state index contributed by atoms with van der Waals surface area (Å²) in [5.74, 6) is 2.05. The Morgan fingerprint density at radius 1 is 1.15 bits per heavy atom. The average Bonchev–Trinajstić information content (AvgIpc) is 3.01. The molecule has 5 radical (unpaired) electrons. The monoisotopic (exact) mass is 266 g/mol. The first-order valence-electron chi connectivity index (χ1n) is 6.64. The SMILES string of the molecule is COc1ccc(C2C=C([C]3[CH][CH][CH][CH]3)NC(=O)C2)cc1. The molecule has 1 atom stereocenters. The van der Waals surface area contributed by atoms with E-state index in [1.807, 2.05) is 49.9 Å². The molecule has 1 N–H and O–H groups in total.